The fraction of sp³-hybridized carbons (Fsp3) is 0.684. The fourth-order valence-corrected chi connectivity index (χ4v) is 4.28. The number of hydrogen-bond acceptors (Lipinski definition) is 3. The summed E-state index contributed by atoms with van der Waals surface area (Å²) in [7, 11) is -3.43. The molecule has 1 aliphatic heterocycles. The third kappa shape index (κ3) is 5.98. The van der Waals surface area contributed by atoms with Crippen molar-refractivity contribution < 1.29 is 21.6 Å². The summed E-state index contributed by atoms with van der Waals surface area (Å²) in [6, 6.07) is 5.85. The van der Waals surface area contributed by atoms with Crippen LogP contribution in [0, 0.1) is 17.8 Å². The largest absolute Gasteiger partial charge is 0.393 e. The van der Waals surface area contributed by atoms with Crippen molar-refractivity contribution >= 4 is 9.84 Å². The van der Waals surface area contributed by atoms with E-state index in [2.05, 4.69) is 13.8 Å². The van der Waals surface area contributed by atoms with Gasteiger partial charge in [0.2, 0.25) is 0 Å². The van der Waals surface area contributed by atoms with Crippen molar-refractivity contribution in [1.82, 2.24) is 4.90 Å². The number of halogens is 3. The predicted octanol–water partition coefficient (Wildman–Crippen LogP) is 4.18. The van der Waals surface area contributed by atoms with E-state index < -0.39 is 21.9 Å². The molecule has 0 saturated carbocycles. The van der Waals surface area contributed by atoms with Gasteiger partial charge in [-0.15, -0.1) is 0 Å². The van der Waals surface area contributed by atoms with Crippen molar-refractivity contribution in [3.8, 4) is 0 Å². The molecule has 0 bridgehead atoms. The molecule has 0 radical (unpaired) electrons. The molecule has 148 valence electrons. The van der Waals surface area contributed by atoms with Crippen molar-refractivity contribution in [2.75, 3.05) is 25.9 Å². The van der Waals surface area contributed by atoms with E-state index >= 15 is 0 Å². The lowest BCUT2D eigenvalue weighted by molar-refractivity contribution is -0.179. The van der Waals surface area contributed by atoms with E-state index in [0.717, 1.165) is 19.1 Å². The molecule has 0 aromatic heterocycles. The molecule has 0 spiro atoms. The van der Waals surface area contributed by atoms with Crippen LogP contribution in [0.15, 0.2) is 29.2 Å². The first-order valence-corrected chi connectivity index (χ1v) is 10.9. The third-order valence-corrected chi connectivity index (χ3v) is 6.44. The van der Waals surface area contributed by atoms with Crippen LogP contribution in [0.5, 0.6) is 0 Å². The summed E-state index contributed by atoms with van der Waals surface area (Å²) in [5, 5.41) is 0. The van der Waals surface area contributed by atoms with Crippen LogP contribution in [0.3, 0.4) is 0 Å². The zero-order valence-electron chi connectivity index (χ0n) is 15.6. The Morgan fingerprint density at radius 3 is 2.31 bits per heavy atom. The van der Waals surface area contributed by atoms with Gasteiger partial charge in [-0.3, -0.25) is 0 Å². The van der Waals surface area contributed by atoms with Crippen LogP contribution in [0.25, 0.3) is 0 Å². The Morgan fingerprint density at radius 2 is 1.81 bits per heavy atom. The summed E-state index contributed by atoms with van der Waals surface area (Å²) in [5.41, 5.74) is 0.410. The molecule has 1 aliphatic rings. The van der Waals surface area contributed by atoms with Crippen LogP contribution in [-0.4, -0.2) is 45.4 Å². The standard InChI is InChI=1S/C19H28F3NO2S/c1-14(2)16-7-9-23(10-8-16)13-17(19(20,21)22)11-15-5-4-6-18(12-15)26(3,24)25/h4-6,12,14,16-17H,7-11,13H2,1-3H3. The van der Waals surface area contributed by atoms with Crippen LogP contribution in [0.1, 0.15) is 32.3 Å². The minimum absolute atomic E-state index is 0.0303. The van der Waals surface area contributed by atoms with E-state index in [4.69, 9.17) is 0 Å². The third-order valence-electron chi connectivity index (χ3n) is 5.33. The Kier molecular flexibility index (Phi) is 6.77. The quantitative estimate of drug-likeness (QED) is 0.730. The number of rotatable bonds is 6. The topological polar surface area (TPSA) is 37.4 Å². The Hall–Kier alpha value is -1.08. The number of likely N-dealkylation sites (tertiary alicyclic amines) is 1. The monoisotopic (exact) mass is 391 g/mol. The lowest BCUT2D eigenvalue weighted by Crippen LogP contribution is -2.42. The van der Waals surface area contributed by atoms with Crippen LogP contribution in [-0.2, 0) is 16.3 Å². The van der Waals surface area contributed by atoms with E-state index in [-0.39, 0.29) is 17.9 Å². The number of alkyl halides is 3. The number of piperidine rings is 1. The minimum Gasteiger partial charge on any atom is -0.303 e. The number of hydrogen-bond donors (Lipinski definition) is 0. The predicted molar refractivity (Wildman–Crippen MR) is 96.8 cm³/mol. The van der Waals surface area contributed by atoms with Crippen molar-refractivity contribution in [2.45, 2.75) is 44.2 Å². The molecule has 2 rings (SSSR count). The zero-order valence-corrected chi connectivity index (χ0v) is 16.4. The molecule has 0 aliphatic carbocycles. The van der Waals surface area contributed by atoms with Crippen LogP contribution in [0.2, 0.25) is 0 Å². The molecule has 3 nitrogen and oxygen atoms in total. The highest BCUT2D eigenvalue weighted by atomic mass is 32.2. The number of sulfone groups is 1. The maximum Gasteiger partial charge on any atom is 0.393 e. The molecule has 1 aromatic carbocycles. The highest BCUT2D eigenvalue weighted by Crippen LogP contribution is 2.32. The van der Waals surface area contributed by atoms with Gasteiger partial charge in [0.15, 0.2) is 9.84 Å². The van der Waals surface area contributed by atoms with Crippen molar-refractivity contribution in [3.05, 3.63) is 29.8 Å². The van der Waals surface area contributed by atoms with Crippen molar-refractivity contribution in [3.63, 3.8) is 0 Å². The summed E-state index contributed by atoms with van der Waals surface area (Å²) in [4.78, 5) is 1.96. The maximum absolute atomic E-state index is 13.6. The highest BCUT2D eigenvalue weighted by molar-refractivity contribution is 7.90. The van der Waals surface area contributed by atoms with Gasteiger partial charge >= 0.3 is 6.18 Å². The second-order valence-corrected chi connectivity index (χ2v) is 9.76. The first kappa shape index (κ1) is 21.2. The molecule has 26 heavy (non-hydrogen) atoms. The van der Waals surface area contributed by atoms with Gasteiger partial charge in [-0.1, -0.05) is 26.0 Å². The van der Waals surface area contributed by atoms with E-state index in [1.165, 1.54) is 18.2 Å². The lowest BCUT2D eigenvalue weighted by atomic mass is 9.86. The lowest BCUT2D eigenvalue weighted by Gasteiger charge is -2.36. The Morgan fingerprint density at radius 1 is 1.19 bits per heavy atom. The summed E-state index contributed by atoms with van der Waals surface area (Å²) in [6.07, 6.45) is -1.57. The summed E-state index contributed by atoms with van der Waals surface area (Å²) in [6.45, 7) is 5.68. The first-order chi connectivity index (χ1) is 12.0. The van der Waals surface area contributed by atoms with Crippen LogP contribution >= 0.6 is 0 Å². The molecule has 1 aromatic rings. The highest BCUT2D eigenvalue weighted by Gasteiger charge is 2.41. The van der Waals surface area contributed by atoms with Gasteiger partial charge in [-0.25, -0.2) is 8.42 Å². The first-order valence-electron chi connectivity index (χ1n) is 9.05. The smallest absolute Gasteiger partial charge is 0.303 e. The average Bonchev–Trinajstić information content (AvgIpc) is 2.53. The van der Waals surface area contributed by atoms with Gasteiger partial charge < -0.3 is 4.90 Å². The average molecular weight is 391 g/mol. The van der Waals surface area contributed by atoms with E-state index in [0.29, 0.717) is 30.5 Å². The van der Waals surface area contributed by atoms with Gasteiger partial charge in [-0.2, -0.15) is 13.2 Å². The zero-order chi connectivity index (χ0) is 19.5. The van der Waals surface area contributed by atoms with E-state index in [9.17, 15) is 21.6 Å². The van der Waals surface area contributed by atoms with Gasteiger partial charge in [-0.05, 0) is 61.9 Å². The van der Waals surface area contributed by atoms with Crippen molar-refractivity contribution in [2.24, 2.45) is 17.8 Å². The second kappa shape index (κ2) is 8.30. The van der Waals surface area contributed by atoms with Crippen LogP contribution < -0.4 is 0 Å². The van der Waals surface area contributed by atoms with Crippen LogP contribution in [0.4, 0.5) is 13.2 Å². The van der Waals surface area contributed by atoms with E-state index in [1.807, 2.05) is 4.90 Å². The van der Waals surface area contributed by atoms with Crippen molar-refractivity contribution in [1.29, 1.82) is 0 Å². The number of nitrogens with zero attached hydrogens (tertiary/aromatic N) is 1. The fourth-order valence-electron chi connectivity index (χ4n) is 3.59. The van der Waals surface area contributed by atoms with Gasteiger partial charge in [0.05, 0.1) is 10.8 Å². The molecule has 1 unspecified atom stereocenters. The van der Waals surface area contributed by atoms with Gasteiger partial charge in [0, 0.05) is 12.8 Å². The molecular weight excluding hydrogens is 363 g/mol. The Balaban J connectivity index is 2.07. The molecule has 0 amide bonds. The molecule has 1 heterocycles. The molecule has 0 N–H and O–H groups in total. The van der Waals surface area contributed by atoms with Gasteiger partial charge in [0.25, 0.3) is 0 Å². The Labute approximate surface area is 154 Å². The minimum atomic E-state index is -4.31. The SMILES string of the molecule is CC(C)C1CCN(CC(Cc2cccc(S(C)(=O)=O)c2)C(F)(F)F)CC1. The number of benzene rings is 1. The maximum atomic E-state index is 13.6. The molecule has 7 heteroatoms. The van der Waals surface area contributed by atoms with E-state index in [1.54, 1.807) is 6.07 Å². The summed E-state index contributed by atoms with van der Waals surface area (Å²) >= 11 is 0. The summed E-state index contributed by atoms with van der Waals surface area (Å²) < 4.78 is 63.9. The second-order valence-electron chi connectivity index (χ2n) is 7.74. The molecule has 1 atom stereocenters. The van der Waals surface area contributed by atoms with Gasteiger partial charge in [0.1, 0.15) is 0 Å². The molecule has 1 saturated heterocycles. The molecular formula is C19H28F3NO2S. The molecule has 1 fully saturated rings. The summed E-state index contributed by atoms with van der Waals surface area (Å²) in [5.74, 6) is -0.343. The normalized spacial score (nSPS) is 19.0. The Bertz CT molecular complexity index is 693.